The summed E-state index contributed by atoms with van der Waals surface area (Å²) in [4.78, 5) is 12.5. The van der Waals surface area contributed by atoms with Gasteiger partial charge in [-0.25, -0.2) is 0 Å². The lowest BCUT2D eigenvalue weighted by Crippen LogP contribution is -2.34. The number of ketones is 1. The van der Waals surface area contributed by atoms with Gasteiger partial charge in [-0.1, -0.05) is 32.1 Å². The zero-order valence-electron chi connectivity index (χ0n) is 10.5. The number of carbonyl (C=O) groups is 1. The van der Waals surface area contributed by atoms with Crippen LogP contribution in [0.5, 0.6) is 0 Å². The van der Waals surface area contributed by atoms with Crippen molar-refractivity contribution in [1.82, 2.24) is 0 Å². The maximum absolute atomic E-state index is 12.5. The van der Waals surface area contributed by atoms with Gasteiger partial charge >= 0.3 is 0 Å². The molecule has 3 aliphatic rings. The summed E-state index contributed by atoms with van der Waals surface area (Å²) in [5.74, 6) is 1.72. The third kappa shape index (κ3) is 1.33. The standard InChI is InChI=1S/C15H20O2/c1-3-15(17,4-2)12-8-11-9-5-6-10(7-9)13(11)14(12)16/h5-6,8-11,13,17H,3-4,7H2,1-2H3/t9-,10+,11+,13-/m1/s1. The van der Waals surface area contributed by atoms with E-state index in [4.69, 9.17) is 0 Å². The summed E-state index contributed by atoms with van der Waals surface area (Å²) >= 11 is 0. The van der Waals surface area contributed by atoms with E-state index in [1.807, 2.05) is 13.8 Å². The predicted molar refractivity (Wildman–Crippen MR) is 66.3 cm³/mol. The van der Waals surface area contributed by atoms with Gasteiger partial charge < -0.3 is 5.11 Å². The highest BCUT2D eigenvalue weighted by Crippen LogP contribution is 2.54. The number of allylic oxidation sites excluding steroid dienone is 3. The van der Waals surface area contributed by atoms with E-state index in [-0.39, 0.29) is 11.7 Å². The minimum atomic E-state index is -0.888. The molecule has 0 saturated heterocycles. The van der Waals surface area contributed by atoms with Crippen LogP contribution in [0.2, 0.25) is 0 Å². The lowest BCUT2D eigenvalue weighted by Gasteiger charge is -2.27. The van der Waals surface area contributed by atoms with Gasteiger partial charge in [-0.3, -0.25) is 4.79 Å². The Bertz CT molecular complexity index is 415. The Labute approximate surface area is 102 Å². The van der Waals surface area contributed by atoms with Gasteiger partial charge in [0.2, 0.25) is 0 Å². The Morgan fingerprint density at radius 2 is 1.94 bits per heavy atom. The molecule has 0 amide bonds. The van der Waals surface area contributed by atoms with Crippen LogP contribution in [0.15, 0.2) is 23.8 Å². The molecule has 1 fully saturated rings. The normalized spacial score (nSPS) is 38.8. The first kappa shape index (κ1) is 11.2. The van der Waals surface area contributed by atoms with E-state index < -0.39 is 5.60 Å². The average Bonchev–Trinajstić information content (AvgIpc) is 3.01. The highest BCUT2D eigenvalue weighted by atomic mass is 16.3. The van der Waals surface area contributed by atoms with Gasteiger partial charge in [-0.05, 0) is 37.0 Å². The molecule has 1 saturated carbocycles. The molecule has 3 aliphatic carbocycles. The van der Waals surface area contributed by atoms with Crippen LogP contribution in [-0.4, -0.2) is 16.5 Å². The zero-order valence-corrected chi connectivity index (χ0v) is 10.5. The molecule has 0 radical (unpaired) electrons. The van der Waals surface area contributed by atoms with Crippen molar-refractivity contribution in [2.75, 3.05) is 0 Å². The van der Waals surface area contributed by atoms with Gasteiger partial charge in [0.05, 0.1) is 5.60 Å². The fraction of sp³-hybridized carbons (Fsp3) is 0.667. The fourth-order valence-corrected chi connectivity index (χ4v) is 3.93. The van der Waals surface area contributed by atoms with Crippen LogP contribution < -0.4 is 0 Å². The quantitative estimate of drug-likeness (QED) is 0.759. The van der Waals surface area contributed by atoms with Crippen LogP contribution >= 0.6 is 0 Å². The number of carbonyl (C=O) groups excluding carboxylic acids is 1. The van der Waals surface area contributed by atoms with E-state index in [2.05, 4.69) is 18.2 Å². The van der Waals surface area contributed by atoms with Crippen molar-refractivity contribution in [1.29, 1.82) is 0 Å². The summed E-state index contributed by atoms with van der Waals surface area (Å²) in [5.41, 5.74) is -0.183. The van der Waals surface area contributed by atoms with E-state index in [1.54, 1.807) is 0 Å². The number of aliphatic hydroxyl groups is 1. The van der Waals surface area contributed by atoms with Crippen molar-refractivity contribution in [2.24, 2.45) is 23.7 Å². The van der Waals surface area contributed by atoms with Gasteiger partial charge in [0.1, 0.15) is 0 Å². The Hall–Kier alpha value is -0.890. The predicted octanol–water partition coefficient (Wildman–Crippen LogP) is 2.48. The molecule has 2 bridgehead atoms. The molecule has 4 atom stereocenters. The first-order chi connectivity index (χ1) is 8.10. The van der Waals surface area contributed by atoms with Crippen LogP contribution in [-0.2, 0) is 4.79 Å². The minimum Gasteiger partial charge on any atom is -0.385 e. The second kappa shape index (κ2) is 3.55. The molecule has 92 valence electrons. The van der Waals surface area contributed by atoms with Crippen molar-refractivity contribution in [3.8, 4) is 0 Å². The maximum atomic E-state index is 12.5. The molecular formula is C15H20O2. The summed E-state index contributed by atoms with van der Waals surface area (Å²) in [7, 11) is 0. The maximum Gasteiger partial charge on any atom is 0.165 e. The monoisotopic (exact) mass is 232 g/mol. The number of rotatable bonds is 3. The minimum absolute atomic E-state index is 0.143. The molecule has 0 heterocycles. The lowest BCUT2D eigenvalue weighted by molar-refractivity contribution is -0.121. The van der Waals surface area contributed by atoms with Crippen molar-refractivity contribution in [3.05, 3.63) is 23.8 Å². The summed E-state index contributed by atoms with van der Waals surface area (Å²) in [6, 6.07) is 0. The lowest BCUT2D eigenvalue weighted by atomic mass is 9.82. The van der Waals surface area contributed by atoms with Gasteiger partial charge in [0, 0.05) is 11.5 Å². The first-order valence-corrected chi connectivity index (χ1v) is 6.78. The average molecular weight is 232 g/mol. The largest absolute Gasteiger partial charge is 0.385 e. The van der Waals surface area contributed by atoms with E-state index in [0.717, 1.165) is 6.42 Å². The van der Waals surface area contributed by atoms with Crippen molar-refractivity contribution < 1.29 is 9.90 Å². The Balaban J connectivity index is 1.95. The summed E-state index contributed by atoms with van der Waals surface area (Å²) < 4.78 is 0. The molecular weight excluding hydrogens is 212 g/mol. The number of hydrogen-bond donors (Lipinski definition) is 1. The molecule has 2 nitrogen and oxygen atoms in total. The Morgan fingerprint density at radius 1 is 1.29 bits per heavy atom. The Morgan fingerprint density at radius 3 is 2.53 bits per heavy atom. The molecule has 0 aromatic rings. The van der Waals surface area contributed by atoms with Crippen LogP contribution in [0.3, 0.4) is 0 Å². The molecule has 0 aromatic carbocycles. The van der Waals surface area contributed by atoms with Crippen LogP contribution in [0.25, 0.3) is 0 Å². The SMILES string of the molecule is CCC(O)(CC)C1=C[C@@H]2[C@H](C1=O)[C@H]1C=C[C@@H]2C1. The molecule has 3 rings (SSSR count). The van der Waals surface area contributed by atoms with Gasteiger partial charge in [0.15, 0.2) is 5.78 Å². The van der Waals surface area contributed by atoms with Crippen molar-refractivity contribution in [3.63, 3.8) is 0 Å². The van der Waals surface area contributed by atoms with Crippen molar-refractivity contribution >= 4 is 5.78 Å². The number of hydrogen-bond acceptors (Lipinski definition) is 2. The van der Waals surface area contributed by atoms with Crippen LogP contribution in [0.4, 0.5) is 0 Å². The second-order valence-electron chi connectivity index (χ2n) is 5.73. The first-order valence-electron chi connectivity index (χ1n) is 6.78. The smallest absolute Gasteiger partial charge is 0.165 e. The molecule has 0 unspecified atom stereocenters. The van der Waals surface area contributed by atoms with E-state index in [1.165, 1.54) is 0 Å². The topological polar surface area (TPSA) is 37.3 Å². The fourth-order valence-electron chi connectivity index (χ4n) is 3.93. The summed E-state index contributed by atoms with van der Waals surface area (Å²) in [6.07, 6.45) is 8.95. The van der Waals surface area contributed by atoms with Gasteiger partial charge in [0.25, 0.3) is 0 Å². The van der Waals surface area contributed by atoms with E-state index in [9.17, 15) is 9.90 Å². The molecule has 0 aliphatic heterocycles. The molecule has 1 N–H and O–H groups in total. The Kier molecular flexibility index (Phi) is 2.34. The van der Waals surface area contributed by atoms with Crippen LogP contribution in [0.1, 0.15) is 33.1 Å². The van der Waals surface area contributed by atoms with Crippen molar-refractivity contribution in [2.45, 2.75) is 38.7 Å². The van der Waals surface area contributed by atoms with E-state index in [0.29, 0.717) is 36.2 Å². The zero-order chi connectivity index (χ0) is 12.2. The molecule has 0 aromatic heterocycles. The second-order valence-corrected chi connectivity index (χ2v) is 5.73. The third-order valence-corrected chi connectivity index (χ3v) is 5.12. The molecule has 17 heavy (non-hydrogen) atoms. The highest BCUT2D eigenvalue weighted by molar-refractivity contribution is 6.02. The summed E-state index contributed by atoms with van der Waals surface area (Å²) in [5, 5.41) is 10.5. The van der Waals surface area contributed by atoms with Crippen LogP contribution in [0, 0.1) is 23.7 Å². The number of Topliss-reactive ketones (excluding diaryl/α,β-unsaturated/α-hetero) is 1. The van der Waals surface area contributed by atoms with Gasteiger partial charge in [-0.15, -0.1) is 0 Å². The van der Waals surface area contributed by atoms with E-state index >= 15 is 0 Å². The third-order valence-electron chi connectivity index (χ3n) is 5.12. The number of fused-ring (bicyclic) bond motifs is 5. The molecule has 2 heteroatoms. The summed E-state index contributed by atoms with van der Waals surface area (Å²) in [6.45, 7) is 3.91. The highest BCUT2D eigenvalue weighted by Gasteiger charge is 2.53. The van der Waals surface area contributed by atoms with Gasteiger partial charge in [-0.2, -0.15) is 0 Å². The molecule has 0 spiro atoms.